The van der Waals surface area contributed by atoms with Crippen molar-refractivity contribution < 1.29 is 4.79 Å². The first kappa shape index (κ1) is 14.4. The minimum atomic E-state index is 0.132. The molecular weight excluding hydrogens is 308 g/mol. The molecule has 0 saturated carbocycles. The Kier molecular flexibility index (Phi) is 3.41. The van der Waals surface area contributed by atoms with Gasteiger partial charge in [-0.2, -0.15) is 9.50 Å². The van der Waals surface area contributed by atoms with E-state index in [4.69, 9.17) is 0 Å². The third-order valence-electron chi connectivity index (χ3n) is 4.35. The van der Waals surface area contributed by atoms with E-state index in [1.807, 2.05) is 6.26 Å². The molecule has 3 aromatic rings. The van der Waals surface area contributed by atoms with Crippen LogP contribution in [0.2, 0.25) is 0 Å². The van der Waals surface area contributed by atoms with Crippen LogP contribution in [0.15, 0.2) is 35.6 Å². The maximum absolute atomic E-state index is 12.5. The van der Waals surface area contributed by atoms with E-state index in [-0.39, 0.29) is 11.7 Å². The van der Waals surface area contributed by atoms with Crippen LogP contribution in [0.4, 0.5) is 0 Å². The lowest BCUT2D eigenvalue weighted by Crippen LogP contribution is -2.22. The number of hydrogen-bond donors (Lipinski definition) is 0. The third-order valence-corrected chi connectivity index (χ3v) is 4.89. The van der Waals surface area contributed by atoms with Crippen LogP contribution in [-0.2, 0) is 6.42 Å². The van der Waals surface area contributed by atoms with Gasteiger partial charge in [-0.25, -0.2) is 4.98 Å². The molecule has 1 unspecified atom stereocenters. The van der Waals surface area contributed by atoms with Gasteiger partial charge < -0.3 is 0 Å². The molecule has 0 radical (unpaired) electrons. The fourth-order valence-electron chi connectivity index (χ4n) is 3.09. The Morgan fingerprint density at radius 2 is 2.00 bits per heavy atom. The molecule has 2 heterocycles. The van der Waals surface area contributed by atoms with Crippen molar-refractivity contribution in [1.29, 1.82) is 0 Å². The number of fused-ring (bicyclic) bond motifs is 3. The van der Waals surface area contributed by atoms with Gasteiger partial charge in [0.2, 0.25) is 5.16 Å². The number of thioether (sulfide) groups is 1. The van der Waals surface area contributed by atoms with Crippen LogP contribution in [-0.4, -0.2) is 31.6 Å². The molecule has 1 aliphatic rings. The zero-order chi connectivity index (χ0) is 16.0. The molecule has 116 valence electrons. The highest BCUT2D eigenvalue weighted by atomic mass is 32.2. The highest BCUT2D eigenvalue weighted by molar-refractivity contribution is 7.98. The van der Waals surface area contributed by atoms with Crippen molar-refractivity contribution in [1.82, 2.24) is 19.6 Å². The van der Waals surface area contributed by atoms with Crippen molar-refractivity contribution in [2.75, 3.05) is 6.26 Å². The fraction of sp³-hybridized carbons (Fsp3) is 0.294. The SMILES string of the molecule is CSc1nc2ncc3c(n2n1)CC(c1ccc(C)cc1)CC3=O. The molecule has 6 heteroatoms. The van der Waals surface area contributed by atoms with Crippen LogP contribution >= 0.6 is 11.8 Å². The van der Waals surface area contributed by atoms with Gasteiger partial charge in [0.05, 0.1) is 11.3 Å². The lowest BCUT2D eigenvalue weighted by molar-refractivity contribution is 0.0962. The zero-order valence-corrected chi connectivity index (χ0v) is 13.8. The number of hydrogen-bond acceptors (Lipinski definition) is 5. The number of aromatic nitrogens is 4. The van der Waals surface area contributed by atoms with Gasteiger partial charge in [0.15, 0.2) is 5.78 Å². The summed E-state index contributed by atoms with van der Waals surface area (Å²) in [6, 6.07) is 8.42. The molecule has 0 N–H and O–H groups in total. The largest absolute Gasteiger partial charge is 0.294 e. The Balaban J connectivity index is 1.81. The van der Waals surface area contributed by atoms with Crippen molar-refractivity contribution >= 4 is 23.3 Å². The van der Waals surface area contributed by atoms with Crippen LogP contribution in [0.3, 0.4) is 0 Å². The molecule has 0 amide bonds. The van der Waals surface area contributed by atoms with Crippen molar-refractivity contribution in [3.05, 3.63) is 52.8 Å². The Labute approximate surface area is 138 Å². The third kappa shape index (κ3) is 2.43. The van der Waals surface area contributed by atoms with Crippen LogP contribution in [0.1, 0.15) is 39.5 Å². The van der Waals surface area contributed by atoms with Crippen LogP contribution < -0.4 is 0 Å². The number of carbonyl (C=O) groups is 1. The summed E-state index contributed by atoms with van der Waals surface area (Å²) in [6.45, 7) is 2.07. The Bertz CT molecular complexity index is 901. The second-order valence-electron chi connectivity index (χ2n) is 5.87. The fourth-order valence-corrected chi connectivity index (χ4v) is 3.43. The van der Waals surface area contributed by atoms with Crippen LogP contribution in [0, 0.1) is 6.92 Å². The molecule has 1 aliphatic carbocycles. The van der Waals surface area contributed by atoms with Gasteiger partial charge in [0, 0.05) is 12.6 Å². The van der Waals surface area contributed by atoms with Gasteiger partial charge in [0.25, 0.3) is 5.78 Å². The Morgan fingerprint density at radius 3 is 2.74 bits per heavy atom. The second kappa shape index (κ2) is 5.45. The van der Waals surface area contributed by atoms with E-state index in [0.29, 0.717) is 22.9 Å². The molecule has 2 aromatic heterocycles. The van der Waals surface area contributed by atoms with E-state index in [1.165, 1.54) is 22.9 Å². The van der Waals surface area contributed by atoms with E-state index in [1.54, 1.807) is 10.7 Å². The van der Waals surface area contributed by atoms with Crippen molar-refractivity contribution in [3.63, 3.8) is 0 Å². The molecular formula is C17H16N4OS. The predicted octanol–water partition coefficient (Wildman–Crippen LogP) is 3.07. The molecule has 0 bridgehead atoms. The second-order valence-corrected chi connectivity index (χ2v) is 6.64. The van der Waals surface area contributed by atoms with E-state index in [2.05, 4.69) is 46.3 Å². The lowest BCUT2D eigenvalue weighted by Gasteiger charge is -2.23. The summed E-state index contributed by atoms with van der Waals surface area (Å²) in [4.78, 5) is 21.2. The van der Waals surface area contributed by atoms with Gasteiger partial charge in [-0.15, -0.1) is 5.10 Å². The monoisotopic (exact) mass is 324 g/mol. The maximum Gasteiger partial charge on any atom is 0.253 e. The summed E-state index contributed by atoms with van der Waals surface area (Å²) in [7, 11) is 0. The van der Waals surface area contributed by atoms with E-state index < -0.39 is 0 Å². The highest BCUT2D eigenvalue weighted by Crippen LogP contribution is 2.32. The summed E-state index contributed by atoms with van der Waals surface area (Å²) < 4.78 is 1.74. The number of carbonyl (C=O) groups excluding carboxylic acids is 1. The number of aryl methyl sites for hydroxylation is 1. The quantitative estimate of drug-likeness (QED) is 0.678. The molecule has 0 aliphatic heterocycles. The Morgan fingerprint density at radius 1 is 1.22 bits per heavy atom. The number of ketones is 1. The first-order chi connectivity index (χ1) is 11.2. The summed E-state index contributed by atoms with van der Waals surface area (Å²) in [5.74, 6) is 0.876. The van der Waals surface area contributed by atoms with E-state index in [9.17, 15) is 4.79 Å². The first-order valence-electron chi connectivity index (χ1n) is 7.54. The van der Waals surface area contributed by atoms with Crippen molar-refractivity contribution in [2.24, 2.45) is 0 Å². The molecule has 0 fully saturated rings. The van der Waals surface area contributed by atoms with Crippen LogP contribution in [0.25, 0.3) is 5.78 Å². The smallest absolute Gasteiger partial charge is 0.253 e. The molecule has 4 rings (SSSR count). The number of benzene rings is 1. The van der Waals surface area contributed by atoms with Gasteiger partial charge in [-0.1, -0.05) is 41.6 Å². The molecule has 23 heavy (non-hydrogen) atoms. The first-order valence-corrected chi connectivity index (χ1v) is 8.76. The standard InChI is InChI=1S/C17H16N4OS/c1-10-3-5-11(6-4-10)12-7-14-13(15(22)8-12)9-18-16-19-17(23-2)20-21(14)16/h3-6,9,12H,7-8H2,1-2H3. The van der Waals surface area contributed by atoms with Gasteiger partial charge in [-0.05, 0) is 31.1 Å². The maximum atomic E-state index is 12.5. The predicted molar refractivity (Wildman–Crippen MR) is 89.1 cm³/mol. The minimum absolute atomic E-state index is 0.132. The van der Waals surface area contributed by atoms with E-state index >= 15 is 0 Å². The van der Waals surface area contributed by atoms with Gasteiger partial charge in [-0.3, -0.25) is 4.79 Å². The van der Waals surface area contributed by atoms with E-state index in [0.717, 1.165) is 12.1 Å². The summed E-state index contributed by atoms with van der Waals surface area (Å²) in [6.07, 6.45) is 4.88. The zero-order valence-electron chi connectivity index (χ0n) is 13.0. The molecule has 5 nitrogen and oxygen atoms in total. The summed E-state index contributed by atoms with van der Waals surface area (Å²) >= 11 is 1.48. The summed E-state index contributed by atoms with van der Waals surface area (Å²) in [5, 5.41) is 5.15. The normalized spacial score (nSPS) is 17.5. The molecule has 0 saturated heterocycles. The molecule has 1 aromatic carbocycles. The van der Waals surface area contributed by atoms with Gasteiger partial charge >= 0.3 is 0 Å². The summed E-state index contributed by atoms with van der Waals surface area (Å²) in [5.41, 5.74) is 4.02. The molecule has 0 spiro atoms. The van der Waals surface area contributed by atoms with Crippen molar-refractivity contribution in [2.45, 2.75) is 30.8 Å². The highest BCUT2D eigenvalue weighted by Gasteiger charge is 2.29. The average molecular weight is 324 g/mol. The number of rotatable bonds is 2. The number of Topliss-reactive ketones (excluding diaryl/α,β-unsaturated/α-hetero) is 1. The number of nitrogens with zero attached hydrogens (tertiary/aromatic N) is 4. The minimum Gasteiger partial charge on any atom is -0.294 e. The van der Waals surface area contributed by atoms with Crippen molar-refractivity contribution in [3.8, 4) is 0 Å². The Hall–Kier alpha value is -2.21. The van der Waals surface area contributed by atoms with Gasteiger partial charge in [0.1, 0.15) is 0 Å². The lowest BCUT2D eigenvalue weighted by atomic mass is 9.82. The topological polar surface area (TPSA) is 60.1 Å². The van der Waals surface area contributed by atoms with Crippen LogP contribution in [0.5, 0.6) is 0 Å². The molecule has 1 atom stereocenters. The average Bonchev–Trinajstić information content (AvgIpc) is 2.99.